The van der Waals surface area contributed by atoms with Crippen molar-refractivity contribution in [2.24, 2.45) is 5.92 Å². The fourth-order valence-electron chi connectivity index (χ4n) is 4.33. The van der Waals surface area contributed by atoms with Crippen molar-refractivity contribution in [2.75, 3.05) is 18.4 Å². The van der Waals surface area contributed by atoms with Gasteiger partial charge in [0.05, 0.1) is 15.7 Å². The molecule has 0 bridgehead atoms. The molecule has 2 fully saturated rings. The minimum absolute atomic E-state index is 0.138. The quantitative estimate of drug-likeness (QED) is 0.540. The van der Waals surface area contributed by atoms with E-state index in [2.05, 4.69) is 20.4 Å². The summed E-state index contributed by atoms with van der Waals surface area (Å²) in [5.41, 5.74) is 0.989. The molecule has 11 heteroatoms. The molecule has 180 valence electrons. The van der Waals surface area contributed by atoms with Gasteiger partial charge >= 0.3 is 0 Å². The average molecular weight is 502 g/mol. The largest absolute Gasteiger partial charge is 0.339 e. The van der Waals surface area contributed by atoms with E-state index in [0.717, 1.165) is 18.4 Å². The first-order valence-corrected chi connectivity index (χ1v) is 13.7. The molecule has 5 rings (SSSR count). The van der Waals surface area contributed by atoms with Crippen molar-refractivity contribution in [1.29, 1.82) is 0 Å². The number of sulfonamides is 1. The zero-order chi connectivity index (χ0) is 23.9. The van der Waals surface area contributed by atoms with Crippen molar-refractivity contribution in [3.63, 3.8) is 0 Å². The van der Waals surface area contributed by atoms with E-state index in [1.807, 2.05) is 13.0 Å². The lowest BCUT2D eigenvalue weighted by Gasteiger charge is -2.31. The number of amides is 1. The van der Waals surface area contributed by atoms with Crippen LogP contribution in [0.2, 0.25) is 0 Å². The monoisotopic (exact) mass is 501 g/mol. The van der Waals surface area contributed by atoms with Gasteiger partial charge in [-0.1, -0.05) is 11.6 Å². The molecular formula is C23H27N5O4S2. The summed E-state index contributed by atoms with van der Waals surface area (Å²) in [6, 6.07) is 5.27. The third-order valence-corrected chi connectivity index (χ3v) is 9.70. The molecule has 9 nitrogen and oxygen atoms in total. The molecule has 0 spiro atoms. The Kier molecular flexibility index (Phi) is 6.26. The van der Waals surface area contributed by atoms with Crippen LogP contribution in [0.1, 0.15) is 54.4 Å². The number of pyridine rings is 1. The smallest absolute Gasteiger partial charge is 0.244 e. The summed E-state index contributed by atoms with van der Waals surface area (Å²) >= 11 is 1.34. The number of hydrogen-bond donors (Lipinski definition) is 1. The number of piperidine rings is 1. The molecule has 1 saturated heterocycles. The molecule has 0 aromatic carbocycles. The summed E-state index contributed by atoms with van der Waals surface area (Å²) in [6.07, 6.45) is 6.15. The fraction of sp³-hybridized carbons (Fsp3) is 0.478. The number of aromatic nitrogens is 3. The molecule has 1 saturated carbocycles. The zero-order valence-corrected chi connectivity index (χ0v) is 20.8. The van der Waals surface area contributed by atoms with Gasteiger partial charge in [-0.05, 0) is 63.3 Å². The first kappa shape index (κ1) is 23.1. The molecule has 1 amide bonds. The molecule has 1 N–H and O–H groups in total. The van der Waals surface area contributed by atoms with Crippen LogP contribution in [0.4, 0.5) is 5.82 Å². The molecule has 3 aromatic heterocycles. The van der Waals surface area contributed by atoms with Crippen molar-refractivity contribution >= 4 is 33.1 Å². The maximum atomic E-state index is 13.5. The van der Waals surface area contributed by atoms with Gasteiger partial charge < -0.3 is 9.84 Å². The molecule has 3 aromatic rings. The SMILES string of the molecule is Cc1ccnc(NC(=O)C2CCCN(S(=O)(=O)c3cc(-c4noc(C5CCC5)n4)sc3C)C2)c1. The minimum Gasteiger partial charge on any atom is -0.339 e. The number of nitrogens with zero attached hydrogens (tertiary/aromatic N) is 4. The first-order chi connectivity index (χ1) is 16.3. The summed E-state index contributed by atoms with van der Waals surface area (Å²) in [5, 5.41) is 6.90. The van der Waals surface area contributed by atoms with E-state index < -0.39 is 15.9 Å². The zero-order valence-electron chi connectivity index (χ0n) is 19.2. The Hall–Kier alpha value is -2.63. The molecular weight excluding hydrogens is 474 g/mol. The average Bonchev–Trinajstić information content (AvgIpc) is 3.40. The molecule has 1 atom stereocenters. The Morgan fingerprint density at radius 1 is 1.21 bits per heavy atom. The third-order valence-electron chi connectivity index (χ3n) is 6.53. The second kappa shape index (κ2) is 9.20. The van der Waals surface area contributed by atoms with Gasteiger partial charge in [-0.2, -0.15) is 9.29 Å². The van der Waals surface area contributed by atoms with Gasteiger partial charge in [0.15, 0.2) is 0 Å². The second-order valence-electron chi connectivity index (χ2n) is 9.03. The lowest BCUT2D eigenvalue weighted by atomic mass is 9.85. The number of nitrogens with one attached hydrogen (secondary N) is 1. The molecule has 2 aliphatic rings. The van der Waals surface area contributed by atoms with Crippen molar-refractivity contribution in [2.45, 2.75) is 56.8 Å². The summed E-state index contributed by atoms with van der Waals surface area (Å²) in [7, 11) is -3.77. The highest BCUT2D eigenvalue weighted by atomic mass is 32.2. The Morgan fingerprint density at radius 3 is 2.76 bits per heavy atom. The van der Waals surface area contributed by atoms with Crippen molar-refractivity contribution in [3.05, 3.63) is 40.7 Å². The van der Waals surface area contributed by atoms with Crippen LogP contribution in [0.25, 0.3) is 10.7 Å². The molecule has 1 unspecified atom stereocenters. The standard InChI is InChI=1S/C23H27N5O4S2/c1-14-8-9-24-20(11-14)25-22(29)17-7-4-10-28(13-17)34(30,31)19-12-18(33-15(19)2)21-26-23(32-27-21)16-5-3-6-16/h8-9,11-12,16-17H,3-7,10,13H2,1-2H3,(H,24,25,29). The maximum Gasteiger partial charge on any atom is 0.244 e. The fourth-order valence-corrected chi connectivity index (χ4v) is 7.34. The van der Waals surface area contributed by atoms with Gasteiger partial charge in [0.2, 0.25) is 27.6 Å². The van der Waals surface area contributed by atoms with Crippen molar-refractivity contribution < 1.29 is 17.7 Å². The first-order valence-electron chi connectivity index (χ1n) is 11.5. The Bertz CT molecular complexity index is 1310. The number of carbonyl (C=O) groups is 1. The highest BCUT2D eigenvalue weighted by Gasteiger charge is 2.35. The molecule has 0 radical (unpaired) electrons. The maximum absolute atomic E-state index is 13.5. The highest BCUT2D eigenvalue weighted by Crippen LogP contribution is 2.38. The van der Waals surface area contributed by atoms with Crippen LogP contribution in [0.15, 0.2) is 33.8 Å². The predicted molar refractivity (Wildman–Crippen MR) is 128 cm³/mol. The normalized spacial score (nSPS) is 19.6. The molecule has 34 heavy (non-hydrogen) atoms. The van der Waals surface area contributed by atoms with Crippen LogP contribution >= 0.6 is 11.3 Å². The van der Waals surface area contributed by atoms with E-state index in [0.29, 0.717) is 52.6 Å². The van der Waals surface area contributed by atoms with Gasteiger partial charge in [0.25, 0.3) is 0 Å². The number of thiophene rings is 1. The number of rotatable bonds is 6. The van der Waals surface area contributed by atoms with E-state index in [1.54, 1.807) is 25.3 Å². The van der Waals surface area contributed by atoms with Crippen LogP contribution in [0, 0.1) is 19.8 Å². The molecule has 1 aliphatic carbocycles. The van der Waals surface area contributed by atoms with Gasteiger partial charge in [0.1, 0.15) is 5.82 Å². The van der Waals surface area contributed by atoms with E-state index in [4.69, 9.17) is 4.52 Å². The van der Waals surface area contributed by atoms with E-state index >= 15 is 0 Å². The van der Waals surface area contributed by atoms with Gasteiger partial charge in [-0.15, -0.1) is 11.3 Å². The van der Waals surface area contributed by atoms with E-state index in [-0.39, 0.29) is 17.3 Å². The van der Waals surface area contributed by atoms with Crippen LogP contribution in [-0.4, -0.2) is 46.8 Å². The molecule has 4 heterocycles. The number of anilines is 1. The number of aryl methyl sites for hydroxylation is 2. The lowest BCUT2D eigenvalue weighted by Crippen LogP contribution is -2.43. The van der Waals surface area contributed by atoms with Gasteiger partial charge in [-0.25, -0.2) is 13.4 Å². The lowest BCUT2D eigenvalue weighted by molar-refractivity contribution is -0.120. The van der Waals surface area contributed by atoms with Gasteiger partial charge in [-0.3, -0.25) is 4.79 Å². The summed E-state index contributed by atoms with van der Waals surface area (Å²) in [5.74, 6) is 1.20. The Labute approximate surface area is 202 Å². The van der Waals surface area contributed by atoms with Crippen LogP contribution in [-0.2, 0) is 14.8 Å². The Morgan fingerprint density at radius 2 is 2.03 bits per heavy atom. The van der Waals surface area contributed by atoms with Crippen LogP contribution in [0.3, 0.4) is 0 Å². The van der Waals surface area contributed by atoms with Crippen molar-refractivity contribution in [3.8, 4) is 10.7 Å². The second-order valence-corrected chi connectivity index (χ2v) is 12.2. The highest BCUT2D eigenvalue weighted by molar-refractivity contribution is 7.89. The minimum atomic E-state index is -3.77. The van der Waals surface area contributed by atoms with Crippen LogP contribution < -0.4 is 5.32 Å². The predicted octanol–water partition coefficient (Wildman–Crippen LogP) is 4.12. The van der Waals surface area contributed by atoms with Crippen LogP contribution in [0.5, 0.6) is 0 Å². The number of carbonyl (C=O) groups excluding carboxylic acids is 1. The third kappa shape index (κ3) is 4.51. The summed E-state index contributed by atoms with van der Waals surface area (Å²) in [4.78, 5) is 23.1. The molecule has 1 aliphatic heterocycles. The Balaban J connectivity index is 1.32. The number of hydrogen-bond acceptors (Lipinski definition) is 8. The summed E-state index contributed by atoms with van der Waals surface area (Å²) < 4.78 is 33.9. The van der Waals surface area contributed by atoms with Gasteiger partial charge in [0, 0.05) is 30.1 Å². The summed E-state index contributed by atoms with van der Waals surface area (Å²) in [6.45, 7) is 4.23. The van der Waals surface area contributed by atoms with Crippen molar-refractivity contribution in [1.82, 2.24) is 19.4 Å². The topological polar surface area (TPSA) is 118 Å². The van der Waals surface area contributed by atoms with E-state index in [9.17, 15) is 13.2 Å². The van der Waals surface area contributed by atoms with E-state index in [1.165, 1.54) is 22.1 Å².